The fourth-order valence-corrected chi connectivity index (χ4v) is 3.15. The lowest BCUT2D eigenvalue weighted by Crippen LogP contribution is -2.40. The maximum atomic E-state index is 10.3. The van der Waals surface area contributed by atoms with Crippen LogP contribution in [0.1, 0.15) is 58.4 Å². The Labute approximate surface area is 158 Å². The molecule has 0 atom stereocenters. The van der Waals surface area contributed by atoms with Crippen LogP contribution in [0.3, 0.4) is 0 Å². The minimum absolute atomic E-state index is 0.0309. The number of nitrogens with zero attached hydrogens (tertiary/aromatic N) is 2. The number of hydrogen-bond acceptors (Lipinski definition) is 3. The number of aliphatic imine (C=N–C) groups is 1. The summed E-state index contributed by atoms with van der Waals surface area (Å²) in [5, 5.41) is 17.2. The number of benzene rings is 1. The molecule has 0 amide bonds. The maximum absolute atomic E-state index is 10.3. The van der Waals surface area contributed by atoms with E-state index in [-0.39, 0.29) is 11.2 Å². The predicted octanol–water partition coefficient (Wildman–Crippen LogP) is 3.94. The zero-order chi connectivity index (χ0) is 19.2. The number of nitrogens with one attached hydrogen (secondary N) is 2. The molecule has 0 aromatic heterocycles. The minimum atomic E-state index is 0.0309. The molecule has 0 aliphatic heterocycles. The van der Waals surface area contributed by atoms with Crippen LogP contribution in [0.5, 0.6) is 5.75 Å². The quantitative estimate of drug-likeness (QED) is 0.423. The van der Waals surface area contributed by atoms with E-state index >= 15 is 0 Å². The summed E-state index contributed by atoms with van der Waals surface area (Å²) >= 11 is 0. The standard InChI is InChI=1S/C21H36N4O/c1-21(2,3)16-11-12-19(26)18(15-16)24-20(22-13-14-25(4)5)23-17-9-7-6-8-10-17/h11-12,15,17,26H,6-10,13-14H2,1-5H3,(H2,22,23,24). The Hall–Kier alpha value is -1.75. The second-order valence-corrected chi connectivity index (χ2v) is 8.62. The van der Waals surface area contributed by atoms with Gasteiger partial charge in [-0.1, -0.05) is 46.1 Å². The zero-order valence-corrected chi connectivity index (χ0v) is 17.1. The van der Waals surface area contributed by atoms with Gasteiger partial charge in [0.05, 0.1) is 12.2 Å². The van der Waals surface area contributed by atoms with Crippen LogP contribution >= 0.6 is 0 Å². The Bertz CT molecular complexity index is 599. The highest BCUT2D eigenvalue weighted by molar-refractivity contribution is 5.95. The van der Waals surface area contributed by atoms with Crippen LogP contribution in [0.4, 0.5) is 5.69 Å². The van der Waals surface area contributed by atoms with Gasteiger partial charge in [-0.15, -0.1) is 0 Å². The predicted molar refractivity (Wildman–Crippen MR) is 111 cm³/mol. The molecule has 1 aliphatic carbocycles. The van der Waals surface area contributed by atoms with Crippen molar-refractivity contribution in [3.05, 3.63) is 23.8 Å². The highest BCUT2D eigenvalue weighted by atomic mass is 16.3. The van der Waals surface area contributed by atoms with E-state index in [0.29, 0.717) is 11.7 Å². The van der Waals surface area contributed by atoms with Crippen LogP contribution in [0.2, 0.25) is 0 Å². The first kappa shape index (κ1) is 20.6. The number of anilines is 1. The number of aromatic hydroxyl groups is 1. The second kappa shape index (κ2) is 9.26. The van der Waals surface area contributed by atoms with E-state index in [1.165, 1.54) is 37.7 Å². The number of phenolic OH excluding ortho intramolecular Hbond substituents is 1. The molecule has 0 bridgehead atoms. The molecule has 5 nitrogen and oxygen atoms in total. The third kappa shape index (κ3) is 6.52. The molecule has 0 radical (unpaired) electrons. The summed E-state index contributed by atoms with van der Waals surface area (Å²) in [4.78, 5) is 6.85. The molecule has 0 saturated heterocycles. The highest BCUT2D eigenvalue weighted by Gasteiger charge is 2.18. The fourth-order valence-electron chi connectivity index (χ4n) is 3.15. The van der Waals surface area contributed by atoms with E-state index in [0.717, 1.165) is 19.0 Å². The van der Waals surface area contributed by atoms with Crippen LogP contribution in [0.15, 0.2) is 23.2 Å². The summed E-state index contributed by atoms with van der Waals surface area (Å²) in [5.41, 5.74) is 1.93. The van der Waals surface area contributed by atoms with Crippen molar-refractivity contribution >= 4 is 11.6 Å². The van der Waals surface area contributed by atoms with E-state index in [1.54, 1.807) is 6.07 Å². The van der Waals surface area contributed by atoms with Crippen molar-refractivity contribution in [2.75, 3.05) is 32.5 Å². The molecule has 146 valence electrons. The van der Waals surface area contributed by atoms with Crippen molar-refractivity contribution in [1.29, 1.82) is 0 Å². The lowest BCUT2D eigenvalue weighted by atomic mass is 9.87. The molecule has 1 aliphatic rings. The van der Waals surface area contributed by atoms with Gasteiger partial charge in [-0.2, -0.15) is 0 Å². The summed E-state index contributed by atoms with van der Waals surface area (Å²) in [6.45, 7) is 8.14. The van der Waals surface area contributed by atoms with Gasteiger partial charge in [0.1, 0.15) is 5.75 Å². The van der Waals surface area contributed by atoms with Crippen LogP contribution in [0, 0.1) is 0 Å². The topological polar surface area (TPSA) is 59.9 Å². The molecule has 26 heavy (non-hydrogen) atoms. The van der Waals surface area contributed by atoms with Crippen LogP contribution < -0.4 is 10.6 Å². The summed E-state index contributed by atoms with van der Waals surface area (Å²) in [7, 11) is 4.10. The van der Waals surface area contributed by atoms with E-state index in [4.69, 9.17) is 4.99 Å². The molecule has 0 unspecified atom stereocenters. The number of hydrogen-bond donors (Lipinski definition) is 3. The van der Waals surface area contributed by atoms with Gasteiger partial charge in [0.25, 0.3) is 0 Å². The Morgan fingerprint density at radius 2 is 1.88 bits per heavy atom. The smallest absolute Gasteiger partial charge is 0.196 e. The molecular weight excluding hydrogens is 324 g/mol. The van der Waals surface area contributed by atoms with Crippen molar-refractivity contribution in [2.24, 2.45) is 4.99 Å². The highest BCUT2D eigenvalue weighted by Crippen LogP contribution is 2.30. The molecule has 1 fully saturated rings. The Morgan fingerprint density at radius 3 is 2.50 bits per heavy atom. The van der Waals surface area contributed by atoms with Crippen molar-refractivity contribution in [2.45, 2.75) is 64.3 Å². The lowest BCUT2D eigenvalue weighted by molar-refractivity contribution is 0.409. The van der Waals surface area contributed by atoms with Crippen LogP contribution in [-0.4, -0.2) is 49.2 Å². The van der Waals surface area contributed by atoms with Gasteiger partial charge in [-0.3, -0.25) is 4.99 Å². The molecule has 0 heterocycles. The summed E-state index contributed by atoms with van der Waals surface area (Å²) in [6.07, 6.45) is 6.23. The molecule has 1 saturated carbocycles. The molecule has 1 aromatic carbocycles. The van der Waals surface area contributed by atoms with Gasteiger partial charge >= 0.3 is 0 Å². The van der Waals surface area contributed by atoms with Crippen molar-refractivity contribution in [1.82, 2.24) is 10.2 Å². The van der Waals surface area contributed by atoms with Crippen LogP contribution in [-0.2, 0) is 5.41 Å². The summed E-state index contributed by atoms with van der Waals surface area (Å²) in [5.74, 6) is 1.02. The number of rotatable bonds is 5. The largest absolute Gasteiger partial charge is 0.506 e. The average Bonchev–Trinajstić information content (AvgIpc) is 2.56. The molecular formula is C21H36N4O. The molecule has 1 aromatic rings. The number of guanidine groups is 1. The monoisotopic (exact) mass is 360 g/mol. The van der Waals surface area contributed by atoms with Crippen molar-refractivity contribution < 1.29 is 5.11 Å². The first-order valence-electron chi connectivity index (χ1n) is 9.82. The Balaban J connectivity index is 2.16. The zero-order valence-electron chi connectivity index (χ0n) is 17.1. The molecule has 2 rings (SSSR count). The first-order chi connectivity index (χ1) is 12.3. The summed E-state index contributed by atoms with van der Waals surface area (Å²) in [6, 6.07) is 6.24. The Kier molecular flexibility index (Phi) is 7.33. The van der Waals surface area contributed by atoms with Crippen molar-refractivity contribution in [3.63, 3.8) is 0 Å². The van der Waals surface area contributed by atoms with Gasteiger partial charge in [0.15, 0.2) is 5.96 Å². The SMILES string of the molecule is CN(C)CCN=C(Nc1cc(C(C)(C)C)ccc1O)NC1CCCCC1. The van der Waals surface area contributed by atoms with Gasteiger partial charge in [0.2, 0.25) is 0 Å². The average molecular weight is 361 g/mol. The minimum Gasteiger partial charge on any atom is -0.506 e. The van der Waals surface area contributed by atoms with E-state index in [9.17, 15) is 5.11 Å². The van der Waals surface area contributed by atoms with Gasteiger partial charge < -0.3 is 20.6 Å². The lowest BCUT2D eigenvalue weighted by Gasteiger charge is -2.26. The van der Waals surface area contributed by atoms with E-state index < -0.39 is 0 Å². The molecule has 5 heteroatoms. The van der Waals surface area contributed by atoms with Gasteiger partial charge in [0, 0.05) is 12.6 Å². The van der Waals surface area contributed by atoms with Crippen LogP contribution in [0.25, 0.3) is 0 Å². The number of phenols is 1. The van der Waals surface area contributed by atoms with Gasteiger partial charge in [-0.05, 0) is 50.0 Å². The fraction of sp³-hybridized carbons (Fsp3) is 0.667. The van der Waals surface area contributed by atoms with Crippen molar-refractivity contribution in [3.8, 4) is 5.75 Å². The molecule has 3 N–H and O–H groups in total. The molecule has 0 spiro atoms. The van der Waals surface area contributed by atoms with E-state index in [2.05, 4.69) is 50.4 Å². The normalized spacial score (nSPS) is 16.8. The Morgan fingerprint density at radius 1 is 1.19 bits per heavy atom. The van der Waals surface area contributed by atoms with Gasteiger partial charge in [-0.25, -0.2) is 0 Å². The maximum Gasteiger partial charge on any atom is 0.196 e. The number of likely N-dealkylation sites (N-methyl/N-ethyl adjacent to an activating group) is 1. The third-order valence-electron chi connectivity index (χ3n) is 4.88. The van der Waals surface area contributed by atoms with E-state index in [1.807, 2.05) is 12.1 Å². The second-order valence-electron chi connectivity index (χ2n) is 8.62. The first-order valence-corrected chi connectivity index (χ1v) is 9.82. The summed E-state index contributed by atoms with van der Waals surface area (Å²) < 4.78 is 0. The third-order valence-corrected chi connectivity index (χ3v) is 4.88.